The third kappa shape index (κ3) is 17.4. The highest BCUT2D eigenvalue weighted by Crippen LogP contribution is 2.10. The Hall–Kier alpha value is -0.590. The van der Waals surface area contributed by atoms with E-state index in [1.54, 1.807) is 0 Å². The number of rotatable bonds is 16. The van der Waals surface area contributed by atoms with E-state index in [-0.39, 0.29) is 0 Å². The van der Waals surface area contributed by atoms with Gasteiger partial charge in [0.1, 0.15) is 5.78 Å². The molecule has 0 aliphatic heterocycles. The molecule has 0 amide bonds. The number of hydrogen-bond donors (Lipinski definition) is 0. The average molecular weight is 295 g/mol. The van der Waals surface area contributed by atoms with Gasteiger partial charge < -0.3 is 0 Å². The lowest BCUT2D eigenvalue weighted by Crippen LogP contribution is -1.95. The third-order valence-corrected chi connectivity index (χ3v) is 4.05. The summed E-state index contributed by atoms with van der Waals surface area (Å²) < 4.78 is 0. The fourth-order valence-corrected chi connectivity index (χ4v) is 2.58. The first-order chi connectivity index (χ1) is 10.3. The molecule has 0 atom stereocenters. The largest absolute Gasteiger partial charge is 0.299 e. The molecule has 0 aromatic rings. The van der Waals surface area contributed by atoms with Crippen molar-refractivity contribution in [3.8, 4) is 0 Å². The minimum atomic E-state index is 0.422. The maximum Gasteiger partial charge on any atom is 0.136 e. The maximum absolute atomic E-state index is 11.7. The van der Waals surface area contributed by atoms with Gasteiger partial charge in [0.2, 0.25) is 0 Å². The van der Waals surface area contributed by atoms with Gasteiger partial charge in [0.25, 0.3) is 0 Å². The standard InChI is InChI=1S/C20H38O/c1-3-5-7-9-11-13-15-17-19-20(21)18-16-14-12-10-8-6-4-2/h14,16H,3-13,15,17-19H2,1-2H3. The van der Waals surface area contributed by atoms with E-state index in [2.05, 4.69) is 26.0 Å². The molecule has 0 aromatic carbocycles. The van der Waals surface area contributed by atoms with E-state index in [0.717, 1.165) is 19.3 Å². The minimum Gasteiger partial charge on any atom is -0.299 e. The van der Waals surface area contributed by atoms with Crippen molar-refractivity contribution in [2.45, 2.75) is 110 Å². The average Bonchev–Trinajstić information content (AvgIpc) is 2.49. The van der Waals surface area contributed by atoms with Gasteiger partial charge in [-0.1, -0.05) is 90.2 Å². The predicted octanol–water partition coefficient (Wildman–Crippen LogP) is 7.00. The van der Waals surface area contributed by atoms with E-state index in [9.17, 15) is 4.79 Å². The van der Waals surface area contributed by atoms with Crippen molar-refractivity contribution in [3.05, 3.63) is 12.2 Å². The monoisotopic (exact) mass is 294 g/mol. The maximum atomic E-state index is 11.7. The third-order valence-electron chi connectivity index (χ3n) is 4.05. The Morgan fingerprint density at radius 1 is 0.667 bits per heavy atom. The number of hydrogen-bond acceptors (Lipinski definition) is 1. The number of allylic oxidation sites excluding steroid dienone is 2. The molecule has 0 aliphatic rings. The first-order valence-electron chi connectivity index (χ1n) is 9.48. The van der Waals surface area contributed by atoms with E-state index >= 15 is 0 Å². The first-order valence-corrected chi connectivity index (χ1v) is 9.48. The van der Waals surface area contributed by atoms with Gasteiger partial charge in [0, 0.05) is 12.8 Å². The van der Waals surface area contributed by atoms with Gasteiger partial charge in [0.15, 0.2) is 0 Å². The van der Waals surface area contributed by atoms with Crippen LogP contribution in [0.4, 0.5) is 0 Å². The zero-order valence-corrected chi connectivity index (χ0v) is 14.7. The molecule has 0 bridgehead atoms. The van der Waals surface area contributed by atoms with Crippen LogP contribution in [0.25, 0.3) is 0 Å². The van der Waals surface area contributed by atoms with E-state index in [0.29, 0.717) is 12.2 Å². The van der Waals surface area contributed by atoms with Crippen LogP contribution in [0.2, 0.25) is 0 Å². The molecule has 1 heteroatoms. The Morgan fingerprint density at radius 2 is 1.19 bits per heavy atom. The highest BCUT2D eigenvalue weighted by atomic mass is 16.1. The molecule has 0 aliphatic carbocycles. The van der Waals surface area contributed by atoms with Crippen LogP contribution in [0.3, 0.4) is 0 Å². The SMILES string of the molecule is CCCCCCC=CCC(=O)CCCCCCCCCC. The molecular formula is C20H38O. The van der Waals surface area contributed by atoms with Gasteiger partial charge in [-0.3, -0.25) is 4.79 Å². The molecule has 0 heterocycles. The van der Waals surface area contributed by atoms with Gasteiger partial charge in [-0.15, -0.1) is 0 Å². The van der Waals surface area contributed by atoms with Gasteiger partial charge in [-0.25, -0.2) is 0 Å². The van der Waals surface area contributed by atoms with E-state index in [4.69, 9.17) is 0 Å². The van der Waals surface area contributed by atoms with Crippen molar-refractivity contribution in [1.29, 1.82) is 0 Å². The van der Waals surface area contributed by atoms with Gasteiger partial charge >= 0.3 is 0 Å². The van der Waals surface area contributed by atoms with Crippen LogP contribution in [-0.2, 0) is 4.79 Å². The molecule has 0 radical (unpaired) electrons. The van der Waals surface area contributed by atoms with E-state index < -0.39 is 0 Å². The van der Waals surface area contributed by atoms with Crippen LogP contribution < -0.4 is 0 Å². The Morgan fingerprint density at radius 3 is 1.81 bits per heavy atom. The predicted molar refractivity (Wildman–Crippen MR) is 94.8 cm³/mol. The highest BCUT2D eigenvalue weighted by molar-refractivity contribution is 5.79. The molecular weight excluding hydrogens is 256 g/mol. The second kappa shape index (κ2) is 17.5. The molecule has 0 unspecified atom stereocenters. The summed E-state index contributed by atoms with van der Waals surface area (Å²) >= 11 is 0. The molecule has 0 saturated heterocycles. The second-order valence-electron chi connectivity index (χ2n) is 6.29. The Bertz CT molecular complexity index is 242. The summed E-state index contributed by atoms with van der Waals surface area (Å²) in [4.78, 5) is 11.7. The van der Waals surface area contributed by atoms with Crippen LogP contribution in [-0.4, -0.2) is 5.78 Å². The van der Waals surface area contributed by atoms with Crippen molar-refractivity contribution < 1.29 is 4.79 Å². The summed E-state index contributed by atoms with van der Waals surface area (Å²) in [6.07, 6.45) is 22.6. The summed E-state index contributed by atoms with van der Waals surface area (Å²) in [5.74, 6) is 0.422. The summed E-state index contributed by atoms with van der Waals surface area (Å²) in [6, 6.07) is 0. The Labute approximate surface area is 133 Å². The first kappa shape index (κ1) is 20.4. The number of unbranched alkanes of at least 4 members (excludes halogenated alkanes) is 11. The lowest BCUT2D eigenvalue weighted by molar-refractivity contribution is -0.118. The number of ketones is 1. The summed E-state index contributed by atoms with van der Waals surface area (Å²) in [6.45, 7) is 4.49. The van der Waals surface area contributed by atoms with Crippen molar-refractivity contribution in [2.75, 3.05) is 0 Å². The zero-order valence-electron chi connectivity index (χ0n) is 14.7. The summed E-state index contributed by atoms with van der Waals surface area (Å²) in [5, 5.41) is 0. The number of Topliss-reactive ketones (excluding diaryl/α,β-unsaturated/α-hetero) is 1. The van der Waals surface area contributed by atoms with Crippen LogP contribution in [0, 0.1) is 0 Å². The molecule has 0 saturated carbocycles. The van der Waals surface area contributed by atoms with Crippen molar-refractivity contribution in [3.63, 3.8) is 0 Å². The summed E-state index contributed by atoms with van der Waals surface area (Å²) in [5.41, 5.74) is 0. The molecule has 0 rings (SSSR count). The number of carbonyl (C=O) groups is 1. The van der Waals surface area contributed by atoms with Crippen LogP contribution >= 0.6 is 0 Å². The van der Waals surface area contributed by atoms with Crippen molar-refractivity contribution in [2.24, 2.45) is 0 Å². The smallest absolute Gasteiger partial charge is 0.136 e. The van der Waals surface area contributed by atoms with Crippen molar-refractivity contribution in [1.82, 2.24) is 0 Å². The molecule has 124 valence electrons. The summed E-state index contributed by atoms with van der Waals surface area (Å²) in [7, 11) is 0. The molecule has 1 nitrogen and oxygen atoms in total. The fraction of sp³-hybridized carbons (Fsp3) is 0.850. The van der Waals surface area contributed by atoms with Gasteiger partial charge in [0.05, 0.1) is 0 Å². The highest BCUT2D eigenvalue weighted by Gasteiger charge is 1.99. The minimum absolute atomic E-state index is 0.422. The van der Waals surface area contributed by atoms with Crippen LogP contribution in [0.15, 0.2) is 12.2 Å². The Kier molecular flexibility index (Phi) is 17.0. The normalized spacial score (nSPS) is 11.3. The lowest BCUT2D eigenvalue weighted by Gasteiger charge is -2.01. The van der Waals surface area contributed by atoms with Crippen LogP contribution in [0.1, 0.15) is 110 Å². The second-order valence-corrected chi connectivity index (χ2v) is 6.29. The molecule has 0 aromatic heterocycles. The lowest BCUT2D eigenvalue weighted by atomic mass is 10.0. The zero-order chi connectivity index (χ0) is 15.6. The van der Waals surface area contributed by atoms with E-state index in [1.165, 1.54) is 70.6 Å². The molecule has 0 spiro atoms. The van der Waals surface area contributed by atoms with Gasteiger partial charge in [-0.2, -0.15) is 0 Å². The fourth-order valence-electron chi connectivity index (χ4n) is 2.58. The van der Waals surface area contributed by atoms with Gasteiger partial charge in [-0.05, 0) is 19.3 Å². The van der Waals surface area contributed by atoms with Crippen molar-refractivity contribution >= 4 is 5.78 Å². The topological polar surface area (TPSA) is 17.1 Å². The van der Waals surface area contributed by atoms with E-state index in [1.807, 2.05) is 0 Å². The molecule has 0 fully saturated rings. The Balaban J connectivity index is 3.24. The quantitative estimate of drug-likeness (QED) is 0.221. The molecule has 21 heavy (non-hydrogen) atoms. The number of carbonyl (C=O) groups excluding carboxylic acids is 1. The molecule has 0 N–H and O–H groups in total. The van der Waals surface area contributed by atoms with Crippen LogP contribution in [0.5, 0.6) is 0 Å².